The van der Waals surface area contributed by atoms with Gasteiger partial charge >= 0.3 is 5.69 Å². The van der Waals surface area contributed by atoms with Crippen LogP contribution < -0.4 is 4.74 Å². The zero-order valence-corrected chi connectivity index (χ0v) is 11.4. The maximum Gasteiger partial charge on any atom is 0.329 e. The van der Waals surface area contributed by atoms with E-state index in [2.05, 4.69) is 4.98 Å². The highest BCUT2D eigenvalue weighted by atomic mass is 35.5. The summed E-state index contributed by atoms with van der Waals surface area (Å²) in [6.45, 7) is 0. The van der Waals surface area contributed by atoms with Gasteiger partial charge in [-0.25, -0.2) is 0 Å². The largest absolute Gasteiger partial charge is 0.448 e. The summed E-state index contributed by atoms with van der Waals surface area (Å²) in [5, 5.41) is 12.0. The lowest BCUT2D eigenvalue weighted by atomic mass is 10.2. The average Bonchev–Trinajstić information content (AvgIpc) is 2.47. The Morgan fingerprint density at radius 3 is 2.76 bits per heavy atom. The molecule has 0 atom stereocenters. The van der Waals surface area contributed by atoms with E-state index in [4.69, 9.17) is 16.3 Å². The highest BCUT2D eigenvalue weighted by molar-refractivity contribution is 6.32. The third-order valence-corrected chi connectivity index (χ3v) is 3.23. The van der Waals surface area contributed by atoms with E-state index in [0.29, 0.717) is 5.75 Å². The van der Waals surface area contributed by atoms with E-state index in [0.717, 1.165) is 10.9 Å². The molecule has 3 rings (SSSR count). The number of pyridine rings is 1. The Morgan fingerprint density at radius 1 is 1.14 bits per heavy atom. The average molecular weight is 301 g/mol. The standard InChI is InChI=1S/C15H9ClN2O3/c16-12-5-3-7-14(15(12)18(19)20)21-11-8-10-4-1-2-6-13(10)17-9-11/h1-9H. The predicted octanol–water partition coefficient (Wildman–Crippen LogP) is 4.59. The molecule has 0 N–H and O–H groups in total. The molecular weight excluding hydrogens is 292 g/mol. The molecule has 0 fully saturated rings. The van der Waals surface area contributed by atoms with Crippen LogP contribution in [-0.2, 0) is 0 Å². The van der Waals surface area contributed by atoms with Crippen molar-refractivity contribution >= 4 is 28.2 Å². The minimum Gasteiger partial charge on any atom is -0.448 e. The number of nitro benzene ring substituents is 1. The Hall–Kier alpha value is -2.66. The second-order valence-corrected chi connectivity index (χ2v) is 4.72. The summed E-state index contributed by atoms with van der Waals surface area (Å²) >= 11 is 5.85. The Kier molecular flexibility index (Phi) is 3.41. The van der Waals surface area contributed by atoms with Crippen molar-refractivity contribution in [2.75, 3.05) is 0 Å². The van der Waals surface area contributed by atoms with Gasteiger partial charge in [0.25, 0.3) is 0 Å². The monoisotopic (exact) mass is 300 g/mol. The van der Waals surface area contributed by atoms with Crippen LogP contribution in [0.15, 0.2) is 54.7 Å². The number of rotatable bonds is 3. The van der Waals surface area contributed by atoms with Crippen LogP contribution in [-0.4, -0.2) is 9.91 Å². The summed E-state index contributed by atoms with van der Waals surface area (Å²) in [4.78, 5) is 14.8. The first-order chi connectivity index (χ1) is 10.1. The summed E-state index contributed by atoms with van der Waals surface area (Å²) in [6.07, 6.45) is 1.52. The van der Waals surface area contributed by atoms with Crippen molar-refractivity contribution < 1.29 is 9.66 Å². The van der Waals surface area contributed by atoms with Crippen molar-refractivity contribution in [2.45, 2.75) is 0 Å². The van der Waals surface area contributed by atoms with E-state index < -0.39 is 4.92 Å². The van der Waals surface area contributed by atoms with Gasteiger partial charge in [0, 0.05) is 5.39 Å². The van der Waals surface area contributed by atoms with E-state index in [1.807, 2.05) is 24.3 Å². The SMILES string of the molecule is O=[N+]([O-])c1c(Cl)cccc1Oc1cnc2ccccc2c1. The van der Waals surface area contributed by atoms with Crippen molar-refractivity contribution in [2.24, 2.45) is 0 Å². The van der Waals surface area contributed by atoms with Gasteiger partial charge in [0.15, 0.2) is 0 Å². The number of fused-ring (bicyclic) bond motifs is 1. The summed E-state index contributed by atoms with van der Waals surface area (Å²) in [7, 11) is 0. The number of para-hydroxylation sites is 2. The molecule has 0 aliphatic carbocycles. The fourth-order valence-corrected chi connectivity index (χ4v) is 2.22. The molecule has 0 radical (unpaired) electrons. The van der Waals surface area contributed by atoms with E-state index in [1.165, 1.54) is 18.3 Å². The van der Waals surface area contributed by atoms with Gasteiger partial charge < -0.3 is 4.74 Å². The number of aromatic nitrogens is 1. The number of halogens is 1. The zero-order chi connectivity index (χ0) is 14.8. The molecule has 0 bridgehead atoms. The number of hydrogen-bond donors (Lipinski definition) is 0. The van der Waals surface area contributed by atoms with Crippen LogP contribution >= 0.6 is 11.6 Å². The van der Waals surface area contributed by atoms with Gasteiger partial charge in [0.1, 0.15) is 10.8 Å². The van der Waals surface area contributed by atoms with E-state index in [1.54, 1.807) is 12.1 Å². The molecule has 104 valence electrons. The lowest BCUT2D eigenvalue weighted by Crippen LogP contribution is -1.94. The van der Waals surface area contributed by atoms with Crippen molar-refractivity contribution in [3.05, 3.63) is 69.9 Å². The van der Waals surface area contributed by atoms with Gasteiger partial charge in [-0.15, -0.1) is 0 Å². The molecule has 3 aromatic rings. The molecule has 1 aromatic heterocycles. The van der Waals surface area contributed by atoms with Crippen LogP contribution in [0.3, 0.4) is 0 Å². The van der Waals surface area contributed by atoms with Crippen molar-refractivity contribution in [3.63, 3.8) is 0 Å². The quantitative estimate of drug-likeness (QED) is 0.524. The Morgan fingerprint density at radius 2 is 1.95 bits per heavy atom. The third-order valence-electron chi connectivity index (χ3n) is 2.93. The fourth-order valence-electron chi connectivity index (χ4n) is 1.99. The molecule has 2 aromatic carbocycles. The molecule has 1 heterocycles. The maximum atomic E-state index is 11.1. The summed E-state index contributed by atoms with van der Waals surface area (Å²) in [6, 6.07) is 13.9. The molecule has 0 saturated carbocycles. The van der Waals surface area contributed by atoms with Crippen molar-refractivity contribution in [1.29, 1.82) is 0 Å². The second-order valence-electron chi connectivity index (χ2n) is 4.31. The summed E-state index contributed by atoms with van der Waals surface area (Å²) in [5.74, 6) is 0.503. The normalized spacial score (nSPS) is 10.5. The molecule has 0 aliphatic heterocycles. The van der Waals surface area contributed by atoms with E-state index >= 15 is 0 Å². The Bertz CT molecular complexity index is 836. The predicted molar refractivity (Wildman–Crippen MR) is 79.9 cm³/mol. The molecular formula is C15H9ClN2O3. The fraction of sp³-hybridized carbons (Fsp3) is 0. The van der Waals surface area contributed by atoms with Gasteiger partial charge in [0.05, 0.1) is 16.6 Å². The first kappa shape index (κ1) is 13.3. The van der Waals surface area contributed by atoms with Gasteiger partial charge in [0.2, 0.25) is 5.75 Å². The minimum atomic E-state index is -0.563. The van der Waals surface area contributed by atoms with E-state index in [9.17, 15) is 10.1 Å². The van der Waals surface area contributed by atoms with Crippen LogP contribution in [0.5, 0.6) is 11.5 Å². The third kappa shape index (κ3) is 2.64. The zero-order valence-electron chi connectivity index (χ0n) is 10.7. The van der Waals surface area contributed by atoms with Crippen LogP contribution in [0.25, 0.3) is 10.9 Å². The minimum absolute atomic E-state index is 0.0336. The lowest BCUT2D eigenvalue weighted by Gasteiger charge is -2.07. The van der Waals surface area contributed by atoms with Gasteiger partial charge in [-0.1, -0.05) is 35.9 Å². The topological polar surface area (TPSA) is 65.3 Å². The highest BCUT2D eigenvalue weighted by Crippen LogP contribution is 2.37. The number of benzene rings is 2. The second kappa shape index (κ2) is 5.38. The molecule has 0 spiro atoms. The number of nitrogens with zero attached hydrogens (tertiary/aromatic N) is 2. The molecule has 0 unspecified atom stereocenters. The van der Waals surface area contributed by atoms with Crippen LogP contribution in [0, 0.1) is 10.1 Å². The number of ether oxygens (including phenoxy) is 1. The Labute approximate surface area is 124 Å². The molecule has 0 saturated heterocycles. The molecule has 5 nitrogen and oxygen atoms in total. The summed E-state index contributed by atoms with van der Waals surface area (Å²) in [5.41, 5.74) is 0.567. The maximum absolute atomic E-state index is 11.1. The number of hydrogen-bond acceptors (Lipinski definition) is 4. The first-order valence-corrected chi connectivity index (χ1v) is 6.48. The molecule has 21 heavy (non-hydrogen) atoms. The lowest BCUT2D eigenvalue weighted by molar-refractivity contribution is -0.385. The molecule has 0 aliphatic rings. The van der Waals surface area contributed by atoms with Gasteiger partial charge in [-0.3, -0.25) is 15.1 Å². The van der Waals surface area contributed by atoms with Crippen molar-refractivity contribution in [3.8, 4) is 11.5 Å². The van der Waals surface area contributed by atoms with Gasteiger partial charge in [-0.05, 0) is 24.3 Å². The molecule has 0 amide bonds. The van der Waals surface area contributed by atoms with Crippen LogP contribution in [0.1, 0.15) is 0 Å². The van der Waals surface area contributed by atoms with Gasteiger partial charge in [-0.2, -0.15) is 0 Å². The smallest absolute Gasteiger partial charge is 0.329 e. The number of nitro groups is 1. The summed E-state index contributed by atoms with van der Waals surface area (Å²) < 4.78 is 5.57. The van der Waals surface area contributed by atoms with Crippen LogP contribution in [0.2, 0.25) is 5.02 Å². The first-order valence-electron chi connectivity index (χ1n) is 6.11. The Balaban J connectivity index is 2.02. The van der Waals surface area contributed by atoms with E-state index in [-0.39, 0.29) is 16.5 Å². The molecule has 6 heteroatoms. The van der Waals surface area contributed by atoms with Crippen LogP contribution in [0.4, 0.5) is 5.69 Å². The highest BCUT2D eigenvalue weighted by Gasteiger charge is 2.20. The van der Waals surface area contributed by atoms with Crippen molar-refractivity contribution in [1.82, 2.24) is 4.98 Å².